The summed E-state index contributed by atoms with van der Waals surface area (Å²) >= 11 is 12.1. The Balaban J connectivity index is 1.36. The highest BCUT2D eigenvalue weighted by molar-refractivity contribution is 6.42. The number of carbonyl (C=O) groups is 3. The van der Waals surface area contributed by atoms with E-state index in [1.807, 2.05) is 12.1 Å². The third-order valence-electron chi connectivity index (χ3n) is 5.33. The number of fused-ring (bicyclic) bond motifs is 1. The Morgan fingerprint density at radius 1 is 1.00 bits per heavy atom. The van der Waals surface area contributed by atoms with Gasteiger partial charge in [-0.3, -0.25) is 14.4 Å². The molecule has 2 aliphatic heterocycles. The van der Waals surface area contributed by atoms with Gasteiger partial charge in [0.05, 0.1) is 27.7 Å². The lowest BCUT2D eigenvalue weighted by atomic mass is 10.1. The van der Waals surface area contributed by atoms with Crippen LogP contribution < -0.4 is 15.5 Å². The van der Waals surface area contributed by atoms with Crippen molar-refractivity contribution in [2.45, 2.75) is 12.5 Å². The predicted octanol–water partition coefficient (Wildman–Crippen LogP) is 2.78. The number of para-hydroxylation sites is 1. The van der Waals surface area contributed by atoms with Gasteiger partial charge < -0.3 is 20.4 Å². The fourth-order valence-electron chi connectivity index (χ4n) is 3.65. The molecule has 7 nitrogen and oxygen atoms in total. The molecule has 0 radical (unpaired) electrons. The van der Waals surface area contributed by atoms with Crippen molar-refractivity contribution in [3.05, 3.63) is 58.1 Å². The molecule has 2 aliphatic rings. The Kier molecular flexibility index (Phi) is 5.83. The van der Waals surface area contributed by atoms with Gasteiger partial charge in [-0.1, -0.05) is 35.3 Å². The van der Waals surface area contributed by atoms with Crippen LogP contribution in [0, 0.1) is 0 Å². The van der Waals surface area contributed by atoms with Crippen LogP contribution in [0.1, 0.15) is 16.8 Å². The van der Waals surface area contributed by atoms with Gasteiger partial charge in [0, 0.05) is 31.9 Å². The molecule has 156 valence electrons. The van der Waals surface area contributed by atoms with E-state index in [1.54, 1.807) is 35.2 Å². The molecule has 0 unspecified atom stereocenters. The van der Waals surface area contributed by atoms with E-state index < -0.39 is 11.9 Å². The molecule has 2 heterocycles. The maximum absolute atomic E-state index is 12.8. The normalized spacial score (nSPS) is 18.9. The summed E-state index contributed by atoms with van der Waals surface area (Å²) in [6, 6.07) is 11.3. The van der Waals surface area contributed by atoms with Gasteiger partial charge in [-0.15, -0.1) is 0 Å². The van der Waals surface area contributed by atoms with E-state index in [0.29, 0.717) is 47.5 Å². The molecule has 4 rings (SSSR count). The van der Waals surface area contributed by atoms with E-state index in [-0.39, 0.29) is 18.2 Å². The Morgan fingerprint density at radius 3 is 2.47 bits per heavy atom. The zero-order valence-corrected chi connectivity index (χ0v) is 17.5. The van der Waals surface area contributed by atoms with Crippen molar-refractivity contribution in [3.8, 4) is 0 Å². The zero-order valence-electron chi connectivity index (χ0n) is 16.0. The van der Waals surface area contributed by atoms with E-state index in [1.165, 1.54) is 0 Å². The maximum atomic E-state index is 12.8. The molecule has 1 saturated heterocycles. The molecular formula is C21H20Cl2N4O3. The van der Waals surface area contributed by atoms with Gasteiger partial charge in [-0.25, -0.2) is 0 Å². The number of amides is 3. The lowest BCUT2D eigenvalue weighted by molar-refractivity contribution is -0.134. The second-order valence-corrected chi connectivity index (χ2v) is 8.05. The number of hydrogen-bond acceptors (Lipinski definition) is 4. The van der Waals surface area contributed by atoms with Crippen molar-refractivity contribution >= 4 is 52.3 Å². The monoisotopic (exact) mass is 446 g/mol. The number of benzene rings is 2. The highest BCUT2D eigenvalue weighted by Crippen LogP contribution is 2.28. The lowest BCUT2D eigenvalue weighted by Crippen LogP contribution is -2.51. The number of nitrogens with one attached hydrogen (secondary N) is 2. The number of piperazine rings is 1. The van der Waals surface area contributed by atoms with Crippen LogP contribution in [0.15, 0.2) is 42.5 Å². The van der Waals surface area contributed by atoms with Crippen molar-refractivity contribution in [1.82, 2.24) is 10.2 Å². The summed E-state index contributed by atoms with van der Waals surface area (Å²) in [5.41, 5.74) is 1.78. The van der Waals surface area contributed by atoms with E-state index in [2.05, 4.69) is 15.5 Å². The minimum absolute atomic E-state index is 0.0850. The lowest BCUT2D eigenvalue weighted by Gasteiger charge is -2.36. The maximum Gasteiger partial charge on any atom is 0.254 e. The third-order valence-corrected chi connectivity index (χ3v) is 6.07. The van der Waals surface area contributed by atoms with Crippen molar-refractivity contribution in [2.24, 2.45) is 0 Å². The second-order valence-electron chi connectivity index (χ2n) is 7.23. The molecule has 0 bridgehead atoms. The topological polar surface area (TPSA) is 81.8 Å². The Labute approximate surface area is 183 Å². The van der Waals surface area contributed by atoms with E-state index in [0.717, 1.165) is 5.69 Å². The Hall–Kier alpha value is -2.77. The summed E-state index contributed by atoms with van der Waals surface area (Å²) < 4.78 is 0. The molecular weight excluding hydrogens is 427 g/mol. The van der Waals surface area contributed by atoms with Gasteiger partial charge in [0.2, 0.25) is 11.8 Å². The third kappa shape index (κ3) is 4.22. The van der Waals surface area contributed by atoms with Crippen molar-refractivity contribution < 1.29 is 14.4 Å². The van der Waals surface area contributed by atoms with Crippen molar-refractivity contribution in [2.75, 3.05) is 36.4 Å². The minimum atomic E-state index is -0.912. The molecule has 1 fully saturated rings. The van der Waals surface area contributed by atoms with Gasteiger partial charge in [-0.2, -0.15) is 0 Å². The van der Waals surface area contributed by atoms with Crippen LogP contribution in [-0.4, -0.2) is 54.8 Å². The smallest absolute Gasteiger partial charge is 0.254 e. The standard InChI is InChI=1S/C21H20Cl2N4O3/c22-15-6-5-13(11-16(15)23)26-7-9-27(10-8-26)19(28)12-18-21(30)24-17-4-2-1-3-14(17)20(29)25-18/h1-6,11,18H,7-10,12H2,(H,24,30)(H,25,29)/t18-/m1/s1. The highest BCUT2D eigenvalue weighted by Gasteiger charge is 2.31. The molecule has 0 aliphatic carbocycles. The number of rotatable bonds is 3. The molecule has 0 aromatic heterocycles. The summed E-state index contributed by atoms with van der Waals surface area (Å²) in [4.78, 5) is 41.5. The fourth-order valence-corrected chi connectivity index (χ4v) is 3.95. The van der Waals surface area contributed by atoms with Gasteiger partial charge in [0.1, 0.15) is 6.04 Å². The molecule has 2 N–H and O–H groups in total. The Morgan fingerprint density at radius 2 is 1.73 bits per heavy atom. The number of nitrogens with zero attached hydrogens (tertiary/aromatic N) is 2. The first-order chi connectivity index (χ1) is 14.4. The number of halogens is 2. The molecule has 9 heteroatoms. The van der Waals surface area contributed by atoms with E-state index in [9.17, 15) is 14.4 Å². The minimum Gasteiger partial charge on any atom is -0.368 e. The molecule has 3 amide bonds. The highest BCUT2D eigenvalue weighted by atomic mass is 35.5. The largest absolute Gasteiger partial charge is 0.368 e. The molecule has 2 aromatic carbocycles. The first kappa shape index (κ1) is 20.5. The van der Waals surface area contributed by atoms with Crippen LogP contribution >= 0.6 is 23.2 Å². The molecule has 2 aromatic rings. The SMILES string of the molecule is O=C1N[C@H](CC(=O)N2CCN(c3ccc(Cl)c(Cl)c3)CC2)C(=O)Nc2ccccc21. The molecule has 0 saturated carbocycles. The van der Waals surface area contributed by atoms with Crippen LogP contribution in [-0.2, 0) is 9.59 Å². The predicted molar refractivity (Wildman–Crippen MR) is 116 cm³/mol. The first-order valence-electron chi connectivity index (χ1n) is 9.61. The molecule has 1 atom stereocenters. The van der Waals surface area contributed by atoms with Crippen LogP contribution in [0.4, 0.5) is 11.4 Å². The summed E-state index contributed by atoms with van der Waals surface area (Å²) in [5.74, 6) is -0.933. The van der Waals surface area contributed by atoms with Crippen molar-refractivity contribution in [1.29, 1.82) is 0 Å². The van der Waals surface area contributed by atoms with Gasteiger partial charge in [0.15, 0.2) is 0 Å². The average molecular weight is 447 g/mol. The first-order valence-corrected chi connectivity index (χ1v) is 10.4. The van der Waals surface area contributed by atoms with Crippen LogP contribution in [0.5, 0.6) is 0 Å². The summed E-state index contributed by atoms with van der Waals surface area (Å²) in [7, 11) is 0. The van der Waals surface area contributed by atoms with Crippen molar-refractivity contribution in [3.63, 3.8) is 0 Å². The Bertz CT molecular complexity index is 1010. The summed E-state index contributed by atoms with van der Waals surface area (Å²) in [6.07, 6.45) is -0.0850. The fraction of sp³-hybridized carbons (Fsp3) is 0.286. The number of anilines is 2. The van der Waals surface area contributed by atoms with Crippen LogP contribution in [0.3, 0.4) is 0 Å². The van der Waals surface area contributed by atoms with Crippen LogP contribution in [0.2, 0.25) is 10.0 Å². The molecule has 0 spiro atoms. The zero-order chi connectivity index (χ0) is 21.3. The number of carbonyl (C=O) groups excluding carboxylic acids is 3. The van der Waals surface area contributed by atoms with Gasteiger partial charge in [0.25, 0.3) is 5.91 Å². The van der Waals surface area contributed by atoms with Gasteiger partial charge >= 0.3 is 0 Å². The average Bonchev–Trinajstić information content (AvgIpc) is 2.86. The van der Waals surface area contributed by atoms with E-state index in [4.69, 9.17) is 23.2 Å². The number of hydrogen-bond donors (Lipinski definition) is 2. The van der Waals surface area contributed by atoms with Gasteiger partial charge in [-0.05, 0) is 30.3 Å². The quantitative estimate of drug-likeness (QED) is 0.759. The second kappa shape index (κ2) is 8.53. The summed E-state index contributed by atoms with van der Waals surface area (Å²) in [5, 5.41) is 6.38. The molecule has 30 heavy (non-hydrogen) atoms. The summed E-state index contributed by atoms with van der Waals surface area (Å²) in [6.45, 7) is 2.31. The van der Waals surface area contributed by atoms with Crippen LogP contribution in [0.25, 0.3) is 0 Å². The van der Waals surface area contributed by atoms with E-state index >= 15 is 0 Å².